The van der Waals surface area contributed by atoms with Crippen molar-refractivity contribution >= 4 is 0 Å². The number of hydrogen-bond donors (Lipinski definition) is 2. The zero-order valence-electron chi connectivity index (χ0n) is 10.7. The minimum atomic E-state index is -0.0824. The summed E-state index contributed by atoms with van der Waals surface area (Å²) < 4.78 is 11.1. The van der Waals surface area contributed by atoms with E-state index < -0.39 is 0 Å². The van der Waals surface area contributed by atoms with Crippen molar-refractivity contribution in [2.45, 2.75) is 25.8 Å². The summed E-state index contributed by atoms with van der Waals surface area (Å²) in [5, 5.41) is 0. The van der Waals surface area contributed by atoms with Crippen molar-refractivity contribution < 1.29 is 9.47 Å². The summed E-state index contributed by atoms with van der Waals surface area (Å²) in [5.41, 5.74) is 3.88. The molecule has 0 spiro atoms. The quantitative estimate of drug-likeness (QED) is 0.620. The molecule has 1 atom stereocenters. The molecule has 1 aliphatic heterocycles. The van der Waals surface area contributed by atoms with E-state index in [-0.39, 0.29) is 6.04 Å². The maximum absolute atomic E-state index is 5.65. The highest BCUT2D eigenvalue weighted by Crippen LogP contribution is 2.26. The van der Waals surface area contributed by atoms with Crippen LogP contribution in [-0.2, 0) is 4.74 Å². The van der Waals surface area contributed by atoms with E-state index in [1.165, 1.54) is 0 Å². The van der Waals surface area contributed by atoms with Crippen LogP contribution in [0.2, 0.25) is 0 Å². The zero-order valence-corrected chi connectivity index (χ0v) is 10.7. The second kappa shape index (κ2) is 6.42. The van der Waals surface area contributed by atoms with Crippen LogP contribution in [-0.4, -0.2) is 13.2 Å². The van der Waals surface area contributed by atoms with Gasteiger partial charge in [-0.15, -0.1) is 0 Å². The van der Waals surface area contributed by atoms with E-state index in [2.05, 4.69) is 11.5 Å². The highest BCUT2D eigenvalue weighted by atomic mass is 16.5. The molecule has 0 amide bonds. The van der Waals surface area contributed by atoms with Crippen molar-refractivity contribution in [1.82, 2.24) is 5.43 Å². The molecule has 2 rings (SSSR count). The number of nitrogens with two attached hydrogens (primary N) is 1. The largest absolute Gasteiger partial charge is 0.496 e. The van der Waals surface area contributed by atoms with Crippen LogP contribution >= 0.6 is 0 Å². The van der Waals surface area contributed by atoms with Crippen LogP contribution in [0.4, 0.5) is 0 Å². The van der Waals surface area contributed by atoms with Crippen LogP contribution in [0.1, 0.15) is 31.4 Å². The summed E-state index contributed by atoms with van der Waals surface area (Å²) in [7, 11) is 0. The first-order valence-corrected chi connectivity index (χ1v) is 6.37. The summed E-state index contributed by atoms with van der Waals surface area (Å²) in [4.78, 5) is 0. The minimum Gasteiger partial charge on any atom is -0.496 e. The third-order valence-electron chi connectivity index (χ3n) is 2.94. The molecule has 0 bridgehead atoms. The Kier molecular flexibility index (Phi) is 4.61. The first-order valence-electron chi connectivity index (χ1n) is 6.37. The lowest BCUT2D eigenvalue weighted by Crippen LogP contribution is -2.31. The Hall–Kier alpha value is -1.52. The minimum absolute atomic E-state index is 0.0824. The number of rotatable bonds is 5. The SMILES string of the molecule is CCOc1ccc(C(NN)C2=CCCCO2)cc1. The fourth-order valence-electron chi connectivity index (χ4n) is 2.04. The number of nitrogens with one attached hydrogen (secondary N) is 1. The van der Waals surface area contributed by atoms with Gasteiger partial charge in [0.15, 0.2) is 0 Å². The smallest absolute Gasteiger partial charge is 0.119 e. The van der Waals surface area contributed by atoms with Gasteiger partial charge in [0.25, 0.3) is 0 Å². The topological polar surface area (TPSA) is 56.5 Å². The van der Waals surface area contributed by atoms with Crippen molar-refractivity contribution in [3.8, 4) is 5.75 Å². The van der Waals surface area contributed by atoms with Gasteiger partial charge in [0.05, 0.1) is 13.2 Å². The van der Waals surface area contributed by atoms with Crippen LogP contribution in [0.25, 0.3) is 0 Å². The van der Waals surface area contributed by atoms with E-state index in [0.29, 0.717) is 6.61 Å². The van der Waals surface area contributed by atoms with Gasteiger partial charge in [-0.3, -0.25) is 5.84 Å². The second-order valence-corrected chi connectivity index (χ2v) is 4.20. The summed E-state index contributed by atoms with van der Waals surface area (Å²) in [5.74, 6) is 7.41. The molecule has 0 radical (unpaired) electrons. The van der Waals surface area contributed by atoms with Gasteiger partial charge in [0.2, 0.25) is 0 Å². The fourth-order valence-corrected chi connectivity index (χ4v) is 2.04. The lowest BCUT2D eigenvalue weighted by molar-refractivity contribution is 0.168. The monoisotopic (exact) mass is 248 g/mol. The highest BCUT2D eigenvalue weighted by molar-refractivity contribution is 5.32. The van der Waals surface area contributed by atoms with Crippen molar-refractivity contribution in [2.75, 3.05) is 13.2 Å². The number of hydrazine groups is 1. The first-order chi connectivity index (χ1) is 8.85. The van der Waals surface area contributed by atoms with E-state index >= 15 is 0 Å². The normalized spacial score (nSPS) is 16.7. The van der Waals surface area contributed by atoms with E-state index in [0.717, 1.165) is 36.5 Å². The molecule has 0 aromatic heterocycles. The Labute approximate surface area is 108 Å². The highest BCUT2D eigenvalue weighted by Gasteiger charge is 2.18. The van der Waals surface area contributed by atoms with Gasteiger partial charge in [-0.2, -0.15) is 0 Å². The summed E-state index contributed by atoms with van der Waals surface area (Å²) >= 11 is 0. The number of benzene rings is 1. The Morgan fingerprint density at radius 2 is 2.17 bits per heavy atom. The summed E-state index contributed by atoms with van der Waals surface area (Å²) in [6.07, 6.45) is 4.22. The average Bonchev–Trinajstić information content (AvgIpc) is 2.43. The molecule has 1 heterocycles. The molecule has 1 aromatic carbocycles. The zero-order chi connectivity index (χ0) is 12.8. The molecule has 0 saturated heterocycles. The molecule has 3 N–H and O–H groups in total. The van der Waals surface area contributed by atoms with Crippen molar-refractivity contribution in [2.24, 2.45) is 5.84 Å². The summed E-state index contributed by atoms with van der Waals surface area (Å²) in [6.45, 7) is 3.41. The fraction of sp³-hybridized carbons (Fsp3) is 0.429. The standard InChI is InChI=1S/C14H20N2O2/c1-2-17-12-8-6-11(7-9-12)14(16-15)13-5-3-4-10-18-13/h5-9,14,16H,2-4,10,15H2,1H3. The van der Waals surface area contributed by atoms with Gasteiger partial charge in [-0.05, 0) is 43.5 Å². The molecule has 0 fully saturated rings. The third-order valence-corrected chi connectivity index (χ3v) is 2.94. The van der Waals surface area contributed by atoms with Crippen LogP contribution in [0.5, 0.6) is 5.75 Å². The predicted molar refractivity (Wildman–Crippen MR) is 70.9 cm³/mol. The molecule has 4 nitrogen and oxygen atoms in total. The van der Waals surface area contributed by atoms with E-state index in [9.17, 15) is 0 Å². The van der Waals surface area contributed by atoms with Gasteiger partial charge in [0, 0.05) is 0 Å². The molecule has 0 saturated carbocycles. The number of hydrogen-bond acceptors (Lipinski definition) is 4. The van der Waals surface area contributed by atoms with Gasteiger partial charge in [-0.1, -0.05) is 12.1 Å². The van der Waals surface area contributed by atoms with Gasteiger partial charge < -0.3 is 9.47 Å². The van der Waals surface area contributed by atoms with Gasteiger partial charge in [-0.25, -0.2) is 5.43 Å². The molecular formula is C14H20N2O2. The Morgan fingerprint density at radius 3 is 2.72 bits per heavy atom. The number of ether oxygens (including phenoxy) is 2. The van der Waals surface area contributed by atoms with E-state index in [1.807, 2.05) is 31.2 Å². The maximum Gasteiger partial charge on any atom is 0.119 e. The van der Waals surface area contributed by atoms with Crippen LogP contribution in [0.3, 0.4) is 0 Å². The molecular weight excluding hydrogens is 228 g/mol. The second-order valence-electron chi connectivity index (χ2n) is 4.20. The van der Waals surface area contributed by atoms with Crippen molar-refractivity contribution in [1.29, 1.82) is 0 Å². The van der Waals surface area contributed by atoms with E-state index in [1.54, 1.807) is 0 Å². The maximum atomic E-state index is 5.65. The molecule has 18 heavy (non-hydrogen) atoms. The van der Waals surface area contributed by atoms with Crippen LogP contribution < -0.4 is 16.0 Å². The van der Waals surface area contributed by atoms with Crippen LogP contribution in [0, 0.1) is 0 Å². The Bertz CT molecular complexity index is 401. The van der Waals surface area contributed by atoms with Crippen molar-refractivity contribution in [3.63, 3.8) is 0 Å². The molecule has 0 aliphatic carbocycles. The van der Waals surface area contributed by atoms with Gasteiger partial charge in [0.1, 0.15) is 17.6 Å². The average molecular weight is 248 g/mol. The summed E-state index contributed by atoms with van der Waals surface area (Å²) in [6, 6.07) is 7.84. The molecule has 4 heteroatoms. The predicted octanol–water partition coefficient (Wildman–Crippen LogP) is 2.28. The van der Waals surface area contributed by atoms with Crippen LogP contribution in [0.15, 0.2) is 36.1 Å². The molecule has 1 aromatic rings. The Balaban J connectivity index is 2.14. The lowest BCUT2D eigenvalue weighted by Gasteiger charge is -2.23. The molecule has 1 unspecified atom stereocenters. The van der Waals surface area contributed by atoms with E-state index in [4.69, 9.17) is 15.3 Å². The Morgan fingerprint density at radius 1 is 1.39 bits per heavy atom. The lowest BCUT2D eigenvalue weighted by atomic mass is 10.0. The molecule has 98 valence electrons. The van der Waals surface area contributed by atoms with Gasteiger partial charge >= 0.3 is 0 Å². The van der Waals surface area contributed by atoms with Crippen molar-refractivity contribution in [3.05, 3.63) is 41.7 Å². The third kappa shape index (κ3) is 3.03. The molecule has 1 aliphatic rings. The first kappa shape index (κ1) is 12.9. The number of allylic oxidation sites excluding steroid dienone is 1.